The molecule has 7 heteroatoms. The monoisotopic (exact) mass is 278 g/mol. The first kappa shape index (κ1) is 13.4. The zero-order valence-corrected chi connectivity index (χ0v) is 11.8. The van der Waals surface area contributed by atoms with E-state index in [1.54, 1.807) is 4.90 Å². The molecule has 1 fully saturated rings. The van der Waals surface area contributed by atoms with Crippen molar-refractivity contribution in [3.05, 3.63) is 11.6 Å². The molecule has 1 aromatic rings. The number of nitrogens with two attached hydrogens (primary N) is 1. The van der Waals surface area contributed by atoms with Gasteiger partial charge in [0.05, 0.1) is 6.54 Å². The van der Waals surface area contributed by atoms with E-state index in [0.717, 1.165) is 44.2 Å². The topological polar surface area (TPSA) is 80.3 Å². The van der Waals surface area contributed by atoms with Crippen LogP contribution in [0.4, 0.5) is 4.79 Å². The largest absolute Gasteiger partial charge is 0.351 e. The molecule has 3 heterocycles. The second kappa shape index (κ2) is 5.78. The molecule has 1 aromatic heterocycles. The standard InChI is InChI=1S/C13H22N6O/c14-13(20)18-7-4-11-15-16-12(19(11)9-8-18)10-17-5-2-1-3-6-17/h1-10H2,(H2,14,20). The Morgan fingerprint density at radius 3 is 2.60 bits per heavy atom. The molecule has 0 aromatic carbocycles. The van der Waals surface area contributed by atoms with Crippen LogP contribution in [0.3, 0.4) is 0 Å². The van der Waals surface area contributed by atoms with Crippen LogP contribution in [-0.4, -0.2) is 56.8 Å². The third-order valence-corrected chi connectivity index (χ3v) is 4.23. The molecule has 2 aliphatic rings. The average molecular weight is 278 g/mol. The van der Waals surface area contributed by atoms with Crippen molar-refractivity contribution in [2.45, 2.75) is 38.8 Å². The number of fused-ring (bicyclic) bond motifs is 1. The lowest BCUT2D eigenvalue weighted by Gasteiger charge is -2.26. The van der Waals surface area contributed by atoms with Crippen LogP contribution in [0, 0.1) is 0 Å². The van der Waals surface area contributed by atoms with Gasteiger partial charge in [-0.2, -0.15) is 0 Å². The molecule has 2 aliphatic heterocycles. The molecule has 3 rings (SSSR count). The van der Waals surface area contributed by atoms with Crippen molar-refractivity contribution in [2.75, 3.05) is 26.2 Å². The second-order valence-electron chi connectivity index (χ2n) is 5.60. The summed E-state index contributed by atoms with van der Waals surface area (Å²) in [5.41, 5.74) is 5.36. The van der Waals surface area contributed by atoms with E-state index in [1.807, 2.05) is 0 Å². The fraction of sp³-hybridized carbons (Fsp3) is 0.769. The normalized spacial score (nSPS) is 20.5. The highest BCUT2D eigenvalue weighted by Gasteiger charge is 2.21. The van der Waals surface area contributed by atoms with Gasteiger partial charge in [0.15, 0.2) is 0 Å². The number of hydrogen-bond donors (Lipinski definition) is 1. The lowest BCUT2D eigenvalue weighted by Crippen LogP contribution is -2.38. The first-order chi connectivity index (χ1) is 9.74. The van der Waals surface area contributed by atoms with Crippen molar-refractivity contribution in [1.82, 2.24) is 24.6 Å². The molecular weight excluding hydrogens is 256 g/mol. The van der Waals surface area contributed by atoms with Gasteiger partial charge >= 0.3 is 6.03 Å². The lowest BCUT2D eigenvalue weighted by atomic mass is 10.1. The zero-order chi connectivity index (χ0) is 13.9. The van der Waals surface area contributed by atoms with Crippen molar-refractivity contribution in [1.29, 1.82) is 0 Å². The van der Waals surface area contributed by atoms with Crippen LogP contribution in [-0.2, 0) is 19.5 Å². The quantitative estimate of drug-likeness (QED) is 0.838. The number of aromatic nitrogens is 3. The molecular formula is C13H22N6O. The first-order valence-corrected chi connectivity index (χ1v) is 7.42. The SMILES string of the molecule is NC(=O)N1CCc2nnc(CN3CCCCC3)n2CC1. The van der Waals surface area contributed by atoms with E-state index in [4.69, 9.17) is 5.73 Å². The second-order valence-corrected chi connectivity index (χ2v) is 5.60. The lowest BCUT2D eigenvalue weighted by molar-refractivity contribution is 0.205. The van der Waals surface area contributed by atoms with Crippen LogP contribution in [0.1, 0.15) is 30.9 Å². The molecule has 0 bridgehead atoms. The Kier molecular flexibility index (Phi) is 3.86. The maximum Gasteiger partial charge on any atom is 0.314 e. The molecule has 20 heavy (non-hydrogen) atoms. The summed E-state index contributed by atoms with van der Waals surface area (Å²) in [6.07, 6.45) is 4.62. The summed E-state index contributed by atoms with van der Waals surface area (Å²) in [7, 11) is 0. The number of amides is 2. The van der Waals surface area contributed by atoms with Gasteiger partial charge in [0.1, 0.15) is 11.6 Å². The Bertz CT molecular complexity index is 479. The molecule has 2 N–H and O–H groups in total. The molecule has 0 aliphatic carbocycles. The molecule has 0 spiro atoms. The number of likely N-dealkylation sites (tertiary alicyclic amines) is 1. The third kappa shape index (κ3) is 2.77. The van der Waals surface area contributed by atoms with Gasteiger partial charge in [0.2, 0.25) is 0 Å². The minimum atomic E-state index is -0.346. The van der Waals surface area contributed by atoms with Gasteiger partial charge in [-0.1, -0.05) is 6.42 Å². The number of primary amides is 1. The summed E-state index contributed by atoms with van der Waals surface area (Å²) in [6.45, 7) is 5.19. The van der Waals surface area contributed by atoms with Crippen LogP contribution >= 0.6 is 0 Å². The molecule has 2 amide bonds. The number of urea groups is 1. The molecule has 0 radical (unpaired) electrons. The molecule has 110 valence electrons. The van der Waals surface area contributed by atoms with Gasteiger partial charge in [-0.3, -0.25) is 4.90 Å². The van der Waals surface area contributed by atoms with E-state index < -0.39 is 0 Å². The summed E-state index contributed by atoms with van der Waals surface area (Å²) in [5.74, 6) is 1.99. The number of carbonyl (C=O) groups is 1. The van der Waals surface area contributed by atoms with Gasteiger partial charge in [-0.15, -0.1) is 10.2 Å². The van der Waals surface area contributed by atoms with Crippen LogP contribution < -0.4 is 5.73 Å². The van der Waals surface area contributed by atoms with Crippen LogP contribution in [0.15, 0.2) is 0 Å². The van der Waals surface area contributed by atoms with Crippen molar-refractivity contribution in [2.24, 2.45) is 5.73 Å². The summed E-state index contributed by atoms with van der Waals surface area (Å²) in [6, 6.07) is -0.346. The summed E-state index contributed by atoms with van der Waals surface area (Å²) < 4.78 is 2.16. The summed E-state index contributed by atoms with van der Waals surface area (Å²) in [4.78, 5) is 15.4. The predicted octanol–water partition coefficient (Wildman–Crippen LogP) is 0.201. The van der Waals surface area contributed by atoms with E-state index in [0.29, 0.717) is 13.1 Å². The van der Waals surface area contributed by atoms with Gasteiger partial charge in [0, 0.05) is 26.1 Å². The van der Waals surface area contributed by atoms with Crippen LogP contribution in [0.25, 0.3) is 0 Å². The van der Waals surface area contributed by atoms with Crippen molar-refractivity contribution < 1.29 is 4.79 Å². The highest BCUT2D eigenvalue weighted by atomic mass is 16.2. The maximum absolute atomic E-state index is 11.3. The Balaban J connectivity index is 1.69. The van der Waals surface area contributed by atoms with Crippen molar-refractivity contribution >= 4 is 6.03 Å². The summed E-state index contributed by atoms with van der Waals surface area (Å²) >= 11 is 0. The Morgan fingerprint density at radius 2 is 1.85 bits per heavy atom. The number of piperidine rings is 1. The fourth-order valence-electron chi connectivity index (χ4n) is 3.04. The first-order valence-electron chi connectivity index (χ1n) is 7.42. The molecule has 1 saturated heterocycles. The molecule has 0 atom stereocenters. The van der Waals surface area contributed by atoms with Gasteiger partial charge < -0.3 is 15.2 Å². The smallest absolute Gasteiger partial charge is 0.314 e. The molecule has 0 saturated carbocycles. The average Bonchev–Trinajstić information content (AvgIpc) is 2.70. The van der Waals surface area contributed by atoms with E-state index >= 15 is 0 Å². The minimum Gasteiger partial charge on any atom is -0.351 e. The van der Waals surface area contributed by atoms with Gasteiger partial charge in [0.25, 0.3) is 0 Å². The number of rotatable bonds is 2. The van der Waals surface area contributed by atoms with Crippen molar-refractivity contribution in [3.63, 3.8) is 0 Å². The fourth-order valence-corrected chi connectivity index (χ4v) is 3.04. The maximum atomic E-state index is 11.3. The molecule has 7 nitrogen and oxygen atoms in total. The van der Waals surface area contributed by atoms with E-state index in [2.05, 4.69) is 19.7 Å². The van der Waals surface area contributed by atoms with E-state index in [9.17, 15) is 4.79 Å². The van der Waals surface area contributed by atoms with Crippen LogP contribution in [0.2, 0.25) is 0 Å². The third-order valence-electron chi connectivity index (χ3n) is 4.23. The number of carbonyl (C=O) groups excluding carboxylic acids is 1. The summed E-state index contributed by atoms with van der Waals surface area (Å²) in [5, 5.41) is 8.62. The van der Waals surface area contributed by atoms with Crippen molar-refractivity contribution in [3.8, 4) is 0 Å². The Labute approximate surface area is 118 Å². The highest BCUT2D eigenvalue weighted by molar-refractivity contribution is 5.71. The Hall–Kier alpha value is -1.63. The predicted molar refractivity (Wildman–Crippen MR) is 74.0 cm³/mol. The Morgan fingerprint density at radius 1 is 1.05 bits per heavy atom. The number of nitrogens with zero attached hydrogens (tertiary/aromatic N) is 5. The number of hydrogen-bond acceptors (Lipinski definition) is 4. The van der Waals surface area contributed by atoms with E-state index in [-0.39, 0.29) is 6.03 Å². The van der Waals surface area contributed by atoms with Gasteiger partial charge in [-0.05, 0) is 25.9 Å². The van der Waals surface area contributed by atoms with Crippen LogP contribution in [0.5, 0.6) is 0 Å². The minimum absolute atomic E-state index is 0.346. The molecule has 0 unspecified atom stereocenters. The van der Waals surface area contributed by atoms with E-state index in [1.165, 1.54) is 19.3 Å². The highest BCUT2D eigenvalue weighted by Crippen LogP contribution is 2.14. The zero-order valence-electron chi connectivity index (χ0n) is 11.8. The van der Waals surface area contributed by atoms with Gasteiger partial charge in [-0.25, -0.2) is 4.79 Å².